The Labute approximate surface area is 173 Å². The second-order valence-corrected chi connectivity index (χ2v) is 11.1. The zero-order valence-electron chi connectivity index (χ0n) is 16.8. The van der Waals surface area contributed by atoms with Gasteiger partial charge in [-0.3, -0.25) is 4.57 Å². The third-order valence-corrected chi connectivity index (χ3v) is 7.13. The Hall–Kier alpha value is -0.970. The van der Waals surface area contributed by atoms with Crippen molar-refractivity contribution in [2.75, 3.05) is 6.16 Å². The van der Waals surface area contributed by atoms with Gasteiger partial charge in [0, 0.05) is 15.3 Å². The fraction of sp³-hybridized carbons (Fsp3) is 0.545. The van der Waals surface area contributed by atoms with Crippen molar-refractivity contribution in [1.82, 2.24) is 0 Å². The molecule has 6 heteroatoms. The highest BCUT2D eigenvalue weighted by Gasteiger charge is 2.23. The number of hydrogen-bond donors (Lipinski definition) is 3. The van der Waals surface area contributed by atoms with Crippen LogP contribution in [0.3, 0.4) is 0 Å². The molecule has 2 aromatic rings. The molecule has 0 radical (unpaired) electrons. The second kappa shape index (κ2) is 11.3. The molecule has 2 rings (SSSR count). The van der Waals surface area contributed by atoms with Gasteiger partial charge in [-0.1, -0.05) is 43.2 Å². The zero-order valence-corrected chi connectivity index (χ0v) is 18.6. The van der Waals surface area contributed by atoms with E-state index in [0.29, 0.717) is 6.42 Å². The Kier molecular flexibility index (Phi) is 9.39. The average molecular weight is 424 g/mol. The number of thiophene rings is 1. The van der Waals surface area contributed by atoms with E-state index in [1.165, 1.54) is 47.4 Å². The molecular formula is C22H34NO3PS. The van der Waals surface area contributed by atoms with Gasteiger partial charge in [-0.25, -0.2) is 0 Å². The Morgan fingerprint density at radius 3 is 2.14 bits per heavy atom. The van der Waals surface area contributed by atoms with Crippen LogP contribution >= 0.6 is 18.9 Å². The summed E-state index contributed by atoms with van der Waals surface area (Å²) in [4.78, 5) is 20.8. The smallest absolute Gasteiger partial charge is 0.325 e. The Morgan fingerprint density at radius 1 is 0.893 bits per heavy atom. The number of unbranched alkanes of at least 4 members (excludes halogenated alkanes) is 3. The maximum atomic E-state index is 11.0. The number of benzene rings is 1. The summed E-state index contributed by atoms with van der Waals surface area (Å²) in [6, 6.07) is 15.1. The van der Waals surface area contributed by atoms with Crippen molar-refractivity contribution in [3.8, 4) is 0 Å². The van der Waals surface area contributed by atoms with Crippen LogP contribution in [0.15, 0.2) is 42.5 Å². The van der Waals surface area contributed by atoms with E-state index in [2.05, 4.69) is 42.5 Å². The van der Waals surface area contributed by atoms with Crippen molar-refractivity contribution in [1.29, 1.82) is 0 Å². The van der Waals surface area contributed by atoms with E-state index in [9.17, 15) is 4.57 Å². The van der Waals surface area contributed by atoms with E-state index in [1.807, 2.05) is 18.3 Å². The first kappa shape index (κ1) is 23.3. The van der Waals surface area contributed by atoms with E-state index in [-0.39, 0.29) is 6.16 Å². The third kappa shape index (κ3) is 9.99. The second-order valence-electron chi connectivity index (χ2n) is 8.06. The molecule has 1 aromatic heterocycles. The molecule has 1 heterocycles. The summed E-state index contributed by atoms with van der Waals surface area (Å²) in [7, 11) is -3.97. The normalized spacial score (nSPS) is 14.1. The van der Waals surface area contributed by atoms with Crippen LogP contribution in [0.4, 0.5) is 0 Å². The van der Waals surface area contributed by atoms with Gasteiger partial charge < -0.3 is 15.5 Å². The molecule has 0 spiro atoms. The van der Waals surface area contributed by atoms with Gasteiger partial charge >= 0.3 is 7.60 Å². The standard InChI is InChI=1S/C22H34NO3PS/c1-22(23,17-18-27(24,25)26)16-15-21-14-13-20(28-21)12-8-3-2-5-9-19-10-6-4-7-11-19/h4,6-7,10-11,13-14H,2-3,5,8-9,12,15-18,23H2,1H3,(H2,24,25,26). The maximum absolute atomic E-state index is 11.0. The Bertz CT molecular complexity index is 739. The lowest BCUT2D eigenvalue weighted by Crippen LogP contribution is -2.37. The van der Waals surface area contributed by atoms with Crippen LogP contribution in [0.5, 0.6) is 0 Å². The predicted octanol–water partition coefficient (Wildman–Crippen LogP) is 5.31. The lowest BCUT2D eigenvalue weighted by Gasteiger charge is -2.24. The van der Waals surface area contributed by atoms with Gasteiger partial charge in [-0.15, -0.1) is 11.3 Å². The highest BCUT2D eigenvalue weighted by atomic mass is 32.1. The van der Waals surface area contributed by atoms with Crippen LogP contribution in [-0.4, -0.2) is 21.5 Å². The van der Waals surface area contributed by atoms with Crippen molar-refractivity contribution in [3.05, 3.63) is 57.8 Å². The van der Waals surface area contributed by atoms with Gasteiger partial charge in [-0.2, -0.15) is 0 Å². The first-order chi connectivity index (χ1) is 13.2. The average Bonchev–Trinajstić information content (AvgIpc) is 3.10. The zero-order chi connectivity index (χ0) is 20.5. The Balaban J connectivity index is 1.60. The summed E-state index contributed by atoms with van der Waals surface area (Å²) in [6.45, 7) is 1.88. The first-order valence-corrected chi connectivity index (χ1v) is 12.8. The van der Waals surface area contributed by atoms with Crippen LogP contribution in [0.25, 0.3) is 0 Å². The molecule has 0 aliphatic rings. The number of nitrogens with two attached hydrogens (primary N) is 1. The van der Waals surface area contributed by atoms with Crippen LogP contribution < -0.4 is 5.73 Å². The lowest BCUT2D eigenvalue weighted by molar-refractivity contribution is 0.354. The quantitative estimate of drug-likeness (QED) is 0.301. The minimum absolute atomic E-state index is 0.139. The summed E-state index contributed by atoms with van der Waals surface area (Å²) in [5.74, 6) is 0. The van der Waals surface area contributed by atoms with Gasteiger partial charge in [0.25, 0.3) is 0 Å². The van der Waals surface area contributed by atoms with Crippen LogP contribution in [-0.2, 0) is 23.8 Å². The molecule has 0 saturated heterocycles. The first-order valence-electron chi connectivity index (χ1n) is 10.2. The summed E-state index contributed by atoms with van der Waals surface area (Å²) in [5, 5.41) is 0. The molecule has 0 aliphatic heterocycles. The molecule has 1 unspecified atom stereocenters. The minimum atomic E-state index is -3.97. The van der Waals surface area contributed by atoms with Crippen molar-refractivity contribution < 1.29 is 14.4 Å². The van der Waals surface area contributed by atoms with Crippen molar-refractivity contribution in [2.45, 2.75) is 70.3 Å². The molecule has 4 nitrogen and oxygen atoms in total. The molecule has 0 saturated carbocycles. The predicted molar refractivity (Wildman–Crippen MR) is 119 cm³/mol. The summed E-state index contributed by atoms with van der Waals surface area (Å²) in [5.41, 5.74) is 7.10. The molecule has 1 aromatic carbocycles. The monoisotopic (exact) mass is 423 g/mol. The van der Waals surface area contributed by atoms with E-state index in [1.54, 1.807) is 0 Å². The van der Waals surface area contributed by atoms with E-state index in [0.717, 1.165) is 19.3 Å². The molecule has 0 bridgehead atoms. The van der Waals surface area contributed by atoms with Gasteiger partial charge in [0.15, 0.2) is 0 Å². The highest BCUT2D eigenvalue weighted by molar-refractivity contribution is 7.51. The fourth-order valence-corrected chi connectivity index (χ4v) is 5.11. The number of aryl methyl sites for hydroxylation is 3. The topological polar surface area (TPSA) is 83.6 Å². The summed E-state index contributed by atoms with van der Waals surface area (Å²) >= 11 is 1.85. The van der Waals surface area contributed by atoms with E-state index < -0.39 is 13.1 Å². The van der Waals surface area contributed by atoms with Crippen molar-refractivity contribution in [3.63, 3.8) is 0 Å². The van der Waals surface area contributed by atoms with Gasteiger partial charge in [-0.05, 0) is 69.6 Å². The van der Waals surface area contributed by atoms with E-state index >= 15 is 0 Å². The molecule has 1 atom stereocenters. The minimum Gasteiger partial charge on any atom is -0.325 e. The third-order valence-electron chi connectivity index (χ3n) is 5.12. The van der Waals surface area contributed by atoms with Crippen LogP contribution in [0, 0.1) is 0 Å². The van der Waals surface area contributed by atoms with Gasteiger partial charge in [0.2, 0.25) is 0 Å². The van der Waals surface area contributed by atoms with Crippen LogP contribution in [0.1, 0.15) is 60.8 Å². The number of rotatable bonds is 13. The molecular weight excluding hydrogens is 389 g/mol. The maximum Gasteiger partial charge on any atom is 0.325 e. The highest BCUT2D eigenvalue weighted by Crippen LogP contribution is 2.37. The largest absolute Gasteiger partial charge is 0.325 e. The molecule has 0 amide bonds. The van der Waals surface area contributed by atoms with Crippen molar-refractivity contribution >= 4 is 18.9 Å². The van der Waals surface area contributed by atoms with E-state index in [4.69, 9.17) is 15.5 Å². The van der Waals surface area contributed by atoms with Crippen molar-refractivity contribution in [2.24, 2.45) is 5.73 Å². The summed E-state index contributed by atoms with van der Waals surface area (Å²) in [6.07, 6.45) is 9.15. The molecule has 156 valence electrons. The molecule has 0 aliphatic carbocycles. The number of hydrogen-bond acceptors (Lipinski definition) is 3. The molecule has 0 fully saturated rings. The fourth-order valence-electron chi connectivity index (χ4n) is 3.25. The lowest BCUT2D eigenvalue weighted by atomic mass is 9.94. The summed E-state index contributed by atoms with van der Waals surface area (Å²) < 4.78 is 11.0. The van der Waals surface area contributed by atoms with Gasteiger partial charge in [0.05, 0.1) is 6.16 Å². The molecule has 4 N–H and O–H groups in total. The molecule has 28 heavy (non-hydrogen) atoms. The van der Waals surface area contributed by atoms with Gasteiger partial charge in [0.1, 0.15) is 0 Å². The van der Waals surface area contributed by atoms with Crippen LogP contribution in [0.2, 0.25) is 0 Å². The SMILES string of the molecule is CC(N)(CCc1ccc(CCCCCCc2ccccc2)s1)CCP(=O)(O)O. The Morgan fingerprint density at radius 2 is 1.50 bits per heavy atom.